The van der Waals surface area contributed by atoms with Crippen LogP contribution in [0.15, 0.2) is 54.6 Å². The zero-order chi connectivity index (χ0) is 30.3. The first-order valence-corrected chi connectivity index (χ1v) is 13.7. The molecule has 0 spiro atoms. The molecule has 0 heterocycles. The molecule has 2 aromatic carbocycles. The SMILES string of the molecule is C#Cc1ccccc1C(C(=O)NC(C)(C)C)N(C(=O)C(Cc1ccccc1)NC(=O)OC(C)(C)C)C(C)(C)CC. The fraction of sp³-hybridized carbons (Fsp3) is 0.485. The van der Waals surface area contributed by atoms with E-state index >= 15 is 0 Å². The number of carbonyl (C=O) groups is 3. The first-order valence-electron chi connectivity index (χ1n) is 13.7. The van der Waals surface area contributed by atoms with Gasteiger partial charge in [0.05, 0.1) is 0 Å². The van der Waals surface area contributed by atoms with Crippen LogP contribution in [-0.4, -0.2) is 45.5 Å². The van der Waals surface area contributed by atoms with Gasteiger partial charge in [0.2, 0.25) is 11.8 Å². The van der Waals surface area contributed by atoms with Crippen LogP contribution < -0.4 is 10.6 Å². The molecule has 2 N–H and O–H groups in total. The molecule has 2 atom stereocenters. The van der Waals surface area contributed by atoms with Gasteiger partial charge in [-0.05, 0) is 79.0 Å². The molecule has 3 amide bonds. The molecule has 0 saturated carbocycles. The van der Waals surface area contributed by atoms with E-state index in [1.807, 2.05) is 71.9 Å². The Labute approximate surface area is 240 Å². The number of ether oxygens (including phenoxy) is 1. The Bertz CT molecular complexity index is 1220. The second-order valence-corrected chi connectivity index (χ2v) is 12.6. The number of benzene rings is 2. The monoisotopic (exact) mass is 547 g/mol. The largest absolute Gasteiger partial charge is 0.444 e. The number of terminal acetylenes is 1. The van der Waals surface area contributed by atoms with Crippen molar-refractivity contribution in [3.05, 3.63) is 71.3 Å². The highest BCUT2D eigenvalue weighted by atomic mass is 16.6. The molecule has 2 aromatic rings. The highest BCUT2D eigenvalue weighted by Crippen LogP contribution is 2.34. The zero-order valence-corrected chi connectivity index (χ0v) is 25.4. The van der Waals surface area contributed by atoms with Gasteiger partial charge in [0, 0.05) is 23.1 Å². The molecular formula is C33H45N3O4. The first-order chi connectivity index (χ1) is 18.5. The van der Waals surface area contributed by atoms with Gasteiger partial charge < -0.3 is 20.3 Å². The lowest BCUT2D eigenvalue weighted by atomic mass is 9.89. The fourth-order valence-electron chi connectivity index (χ4n) is 4.32. The number of hydrogen-bond acceptors (Lipinski definition) is 4. The summed E-state index contributed by atoms with van der Waals surface area (Å²) < 4.78 is 5.52. The van der Waals surface area contributed by atoms with Crippen molar-refractivity contribution in [2.75, 3.05) is 0 Å². The van der Waals surface area contributed by atoms with Crippen LogP contribution >= 0.6 is 0 Å². The van der Waals surface area contributed by atoms with E-state index in [0.29, 0.717) is 17.5 Å². The molecule has 0 aliphatic heterocycles. The summed E-state index contributed by atoms with van der Waals surface area (Å²) >= 11 is 0. The zero-order valence-electron chi connectivity index (χ0n) is 25.4. The molecule has 7 nitrogen and oxygen atoms in total. The third kappa shape index (κ3) is 9.15. The van der Waals surface area contributed by atoms with Crippen LogP contribution in [-0.2, 0) is 20.7 Å². The Kier molecular flexibility index (Phi) is 10.6. The normalized spacial score (nSPS) is 13.4. The highest BCUT2D eigenvalue weighted by molar-refractivity contribution is 5.93. The summed E-state index contributed by atoms with van der Waals surface area (Å²) in [5.74, 6) is 1.90. The van der Waals surface area contributed by atoms with Crippen molar-refractivity contribution in [1.29, 1.82) is 0 Å². The molecular weight excluding hydrogens is 502 g/mol. The summed E-state index contributed by atoms with van der Waals surface area (Å²) in [5, 5.41) is 5.84. The van der Waals surface area contributed by atoms with Gasteiger partial charge in [-0.15, -0.1) is 6.42 Å². The maximum Gasteiger partial charge on any atom is 0.408 e. The first kappa shape index (κ1) is 32.4. The van der Waals surface area contributed by atoms with E-state index in [2.05, 4.69) is 16.6 Å². The van der Waals surface area contributed by atoms with Crippen LogP contribution in [0.5, 0.6) is 0 Å². The maximum absolute atomic E-state index is 14.7. The Morgan fingerprint density at radius 3 is 2.02 bits per heavy atom. The third-order valence-electron chi connectivity index (χ3n) is 6.44. The number of hydrogen-bond donors (Lipinski definition) is 2. The maximum atomic E-state index is 14.7. The third-order valence-corrected chi connectivity index (χ3v) is 6.44. The molecule has 0 aliphatic carbocycles. The molecule has 0 saturated heterocycles. The Hall–Kier alpha value is -3.79. The van der Waals surface area contributed by atoms with Crippen molar-refractivity contribution in [2.45, 2.75) is 104 Å². The van der Waals surface area contributed by atoms with Crippen LogP contribution in [0.25, 0.3) is 0 Å². The molecule has 0 aliphatic rings. The minimum atomic E-state index is -1.05. The highest BCUT2D eigenvalue weighted by Gasteiger charge is 2.44. The summed E-state index contributed by atoms with van der Waals surface area (Å²) in [5.41, 5.74) is -0.204. The van der Waals surface area contributed by atoms with Gasteiger partial charge >= 0.3 is 6.09 Å². The molecule has 2 unspecified atom stereocenters. The fourth-order valence-corrected chi connectivity index (χ4v) is 4.32. The molecule has 0 fully saturated rings. The van der Waals surface area contributed by atoms with Crippen molar-refractivity contribution in [3.63, 3.8) is 0 Å². The van der Waals surface area contributed by atoms with Crippen molar-refractivity contribution < 1.29 is 19.1 Å². The molecule has 0 aromatic heterocycles. The molecule has 0 bridgehead atoms. The average Bonchev–Trinajstić information content (AvgIpc) is 2.84. The van der Waals surface area contributed by atoms with Crippen LogP contribution in [0.3, 0.4) is 0 Å². The lowest BCUT2D eigenvalue weighted by Gasteiger charge is -2.45. The second-order valence-electron chi connectivity index (χ2n) is 12.6. The number of rotatable bonds is 9. The van der Waals surface area contributed by atoms with E-state index in [4.69, 9.17) is 11.2 Å². The number of amides is 3. The van der Waals surface area contributed by atoms with Gasteiger partial charge in [0.1, 0.15) is 17.7 Å². The van der Waals surface area contributed by atoms with Crippen LogP contribution in [0.2, 0.25) is 0 Å². The van der Waals surface area contributed by atoms with Gasteiger partial charge in [0.25, 0.3) is 0 Å². The summed E-state index contributed by atoms with van der Waals surface area (Å²) in [6, 6.07) is 14.5. The second kappa shape index (κ2) is 13.0. The van der Waals surface area contributed by atoms with Crippen molar-refractivity contribution in [2.24, 2.45) is 0 Å². The summed E-state index contributed by atoms with van der Waals surface area (Å²) in [6.07, 6.45) is 5.90. The van der Waals surface area contributed by atoms with Crippen LogP contribution in [0, 0.1) is 12.3 Å². The molecule has 216 valence electrons. The minimum absolute atomic E-state index is 0.208. The van der Waals surface area contributed by atoms with Gasteiger partial charge in [-0.2, -0.15) is 0 Å². The molecule has 2 rings (SSSR count). The van der Waals surface area contributed by atoms with Crippen LogP contribution in [0.1, 0.15) is 91.5 Å². The average molecular weight is 548 g/mol. The van der Waals surface area contributed by atoms with E-state index in [-0.39, 0.29) is 12.3 Å². The Morgan fingerprint density at radius 1 is 0.925 bits per heavy atom. The standard InChI is InChI=1S/C33H45N3O4/c1-11-24-20-16-17-21-25(24)27(28(37)35-31(3,4)5)36(33(9,10)12-2)29(38)26(22-23-18-14-13-15-19-23)34-30(39)40-32(6,7)8/h1,13-21,26-27H,12,22H2,2-10H3,(H,34,39)(H,35,37). The molecule has 40 heavy (non-hydrogen) atoms. The Balaban J connectivity index is 2.73. The van der Waals surface area contributed by atoms with Crippen molar-refractivity contribution in [1.82, 2.24) is 15.5 Å². The lowest BCUT2D eigenvalue weighted by Crippen LogP contribution is -2.60. The number of carbonyl (C=O) groups excluding carboxylic acids is 3. The van der Waals surface area contributed by atoms with E-state index in [1.165, 1.54) is 0 Å². The van der Waals surface area contributed by atoms with Gasteiger partial charge in [-0.1, -0.05) is 61.4 Å². The minimum Gasteiger partial charge on any atom is -0.444 e. The predicted molar refractivity (Wildman–Crippen MR) is 160 cm³/mol. The number of alkyl carbamates (subject to hydrolysis) is 1. The molecule has 7 heteroatoms. The number of nitrogens with one attached hydrogen (secondary N) is 2. The predicted octanol–water partition coefficient (Wildman–Crippen LogP) is 5.78. The van der Waals surface area contributed by atoms with Gasteiger partial charge in [0.15, 0.2) is 0 Å². The van der Waals surface area contributed by atoms with Crippen molar-refractivity contribution >= 4 is 17.9 Å². The molecule has 0 radical (unpaired) electrons. The number of nitrogens with zero attached hydrogens (tertiary/aromatic N) is 1. The summed E-state index contributed by atoms with van der Waals surface area (Å²) in [7, 11) is 0. The van der Waals surface area contributed by atoms with Crippen molar-refractivity contribution in [3.8, 4) is 12.3 Å². The lowest BCUT2D eigenvalue weighted by molar-refractivity contribution is -0.149. The van der Waals surface area contributed by atoms with E-state index < -0.39 is 40.8 Å². The summed E-state index contributed by atoms with van der Waals surface area (Å²) in [6.45, 7) is 16.7. The topological polar surface area (TPSA) is 87.7 Å². The van der Waals surface area contributed by atoms with E-state index in [1.54, 1.807) is 49.9 Å². The Morgan fingerprint density at radius 2 is 1.50 bits per heavy atom. The van der Waals surface area contributed by atoms with E-state index in [0.717, 1.165) is 5.56 Å². The summed E-state index contributed by atoms with van der Waals surface area (Å²) in [4.78, 5) is 43.2. The van der Waals surface area contributed by atoms with Gasteiger partial charge in [-0.3, -0.25) is 9.59 Å². The smallest absolute Gasteiger partial charge is 0.408 e. The van der Waals surface area contributed by atoms with Gasteiger partial charge in [-0.25, -0.2) is 4.79 Å². The quantitative estimate of drug-likeness (QED) is 0.390. The van der Waals surface area contributed by atoms with Crippen LogP contribution in [0.4, 0.5) is 4.79 Å². The van der Waals surface area contributed by atoms with E-state index in [9.17, 15) is 14.4 Å².